The minimum atomic E-state index is 0.704. The Labute approximate surface area is 90.0 Å². The maximum Gasteiger partial charge on any atom is 0.186 e. The van der Waals surface area contributed by atoms with Gasteiger partial charge in [-0.05, 0) is 26.7 Å². The van der Waals surface area contributed by atoms with Crippen molar-refractivity contribution >= 4 is 13.4 Å². The van der Waals surface area contributed by atoms with E-state index in [0.717, 1.165) is 0 Å². The van der Waals surface area contributed by atoms with E-state index in [2.05, 4.69) is 41.3 Å². The molecule has 0 aromatic rings. The Morgan fingerprint density at radius 2 is 1.29 bits per heavy atom. The zero-order valence-electron chi connectivity index (χ0n) is 10.6. The predicted molar refractivity (Wildman–Crippen MR) is 69.2 cm³/mol. The fourth-order valence-corrected chi connectivity index (χ4v) is 3.24. The molecule has 0 N–H and O–H groups in total. The molecule has 1 rings (SSSR count). The standard InChI is InChI=1S/C12H22B2/c1-7-10-11(8-2)14(6)12(9(3)4)13(10)5/h7-8H2,1-6H3. The van der Waals surface area contributed by atoms with Gasteiger partial charge < -0.3 is 0 Å². The second-order valence-corrected chi connectivity index (χ2v) is 4.66. The van der Waals surface area contributed by atoms with Gasteiger partial charge in [0, 0.05) is 0 Å². The summed E-state index contributed by atoms with van der Waals surface area (Å²) in [5.74, 6) is 0. The van der Waals surface area contributed by atoms with Crippen molar-refractivity contribution in [3.8, 4) is 0 Å². The molecule has 0 spiro atoms. The molecule has 0 aromatic carbocycles. The molecule has 0 fully saturated rings. The van der Waals surface area contributed by atoms with Crippen LogP contribution in [0, 0.1) is 0 Å². The van der Waals surface area contributed by atoms with E-state index in [-0.39, 0.29) is 0 Å². The van der Waals surface area contributed by atoms with Crippen molar-refractivity contribution < 1.29 is 0 Å². The normalized spacial score (nSPS) is 17.1. The summed E-state index contributed by atoms with van der Waals surface area (Å²) >= 11 is 0. The fourth-order valence-electron chi connectivity index (χ4n) is 3.24. The largest absolute Gasteiger partial charge is 0.186 e. The van der Waals surface area contributed by atoms with E-state index in [9.17, 15) is 0 Å². The summed E-state index contributed by atoms with van der Waals surface area (Å²) in [6.07, 6.45) is 2.46. The van der Waals surface area contributed by atoms with Gasteiger partial charge in [-0.25, -0.2) is 0 Å². The Hall–Kier alpha value is -0.390. The molecule has 0 aromatic heterocycles. The molecule has 0 bridgehead atoms. The molecule has 0 saturated heterocycles. The quantitative estimate of drug-likeness (QED) is 0.577. The van der Waals surface area contributed by atoms with E-state index in [1.54, 1.807) is 16.3 Å². The van der Waals surface area contributed by atoms with E-state index in [4.69, 9.17) is 0 Å². The summed E-state index contributed by atoms with van der Waals surface area (Å²) in [5, 5.41) is 1.68. The lowest BCUT2D eigenvalue weighted by Crippen LogP contribution is -2.19. The summed E-state index contributed by atoms with van der Waals surface area (Å²) < 4.78 is 0. The van der Waals surface area contributed by atoms with Gasteiger partial charge in [0.25, 0.3) is 0 Å². The molecular weight excluding hydrogens is 166 g/mol. The van der Waals surface area contributed by atoms with E-state index in [0.29, 0.717) is 13.4 Å². The first-order chi connectivity index (χ1) is 6.54. The zero-order valence-corrected chi connectivity index (χ0v) is 10.6. The summed E-state index contributed by atoms with van der Waals surface area (Å²) in [6.45, 7) is 15.3. The molecule has 0 radical (unpaired) electrons. The number of hydrogen-bond acceptors (Lipinski definition) is 0. The van der Waals surface area contributed by atoms with Crippen LogP contribution >= 0.6 is 0 Å². The van der Waals surface area contributed by atoms with Gasteiger partial charge >= 0.3 is 0 Å². The maximum absolute atomic E-state index is 2.38. The van der Waals surface area contributed by atoms with Crippen LogP contribution in [0.1, 0.15) is 40.5 Å². The van der Waals surface area contributed by atoms with Gasteiger partial charge in [0.15, 0.2) is 13.4 Å². The Kier molecular flexibility index (Phi) is 3.69. The van der Waals surface area contributed by atoms with Gasteiger partial charge in [0.2, 0.25) is 0 Å². The van der Waals surface area contributed by atoms with E-state index in [1.165, 1.54) is 18.4 Å². The lowest BCUT2D eigenvalue weighted by molar-refractivity contribution is 1.10. The molecule has 0 unspecified atom stereocenters. The molecule has 76 valence electrons. The number of rotatable bonds is 2. The highest BCUT2D eigenvalue weighted by molar-refractivity contribution is 6.99. The Morgan fingerprint density at radius 3 is 1.50 bits per heavy atom. The van der Waals surface area contributed by atoms with Crippen LogP contribution in [-0.2, 0) is 0 Å². The molecule has 0 atom stereocenters. The molecule has 0 amide bonds. The minimum Gasteiger partial charge on any atom is -0.123 e. The summed E-state index contributed by atoms with van der Waals surface area (Å²) in [6, 6.07) is 0. The van der Waals surface area contributed by atoms with Crippen LogP contribution < -0.4 is 0 Å². The van der Waals surface area contributed by atoms with Crippen LogP contribution in [0.15, 0.2) is 21.9 Å². The molecule has 14 heavy (non-hydrogen) atoms. The Morgan fingerprint density at radius 1 is 0.929 bits per heavy atom. The van der Waals surface area contributed by atoms with Crippen LogP contribution in [0.25, 0.3) is 0 Å². The summed E-state index contributed by atoms with van der Waals surface area (Å²) in [5.41, 5.74) is 4.94. The van der Waals surface area contributed by atoms with Gasteiger partial charge in [-0.2, -0.15) is 0 Å². The average Bonchev–Trinajstić information content (AvgIpc) is 2.36. The highest BCUT2D eigenvalue weighted by atomic mass is 14.1. The predicted octanol–water partition coefficient (Wildman–Crippen LogP) is 3.86. The highest BCUT2D eigenvalue weighted by Crippen LogP contribution is 2.34. The van der Waals surface area contributed by atoms with Crippen LogP contribution in [0.4, 0.5) is 0 Å². The van der Waals surface area contributed by atoms with Crippen molar-refractivity contribution in [2.75, 3.05) is 0 Å². The lowest BCUT2D eigenvalue weighted by Gasteiger charge is -2.11. The maximum atomic E-state index is 2.38. The second-order valence-electron chi connectivity index (χ2n) is 4.66. The third-order valence-electron chi connectivity index (χ3n) is 3.73. The molecule has 1 aliphatic rings. The first-order valence-corrected chi connectivity index (χ1v) is 5.93. The molecule has 1 aliphatic heterocycles. The SMILES string of the molecule is CCC1=C(CC)B(C)C(=C(C)C)B1C. The molecule has 0 aliphatic carbocycles. The summed E-state index contributed by atoms with van der Waals surface area (Å²) in [7, 11) is 0. The van der Waals surface area contributed by atoms with Crippen molar-refractivity contribution in [1.29, 1.82) is 0 Å². The van der Waals surface area contributed by atoms with Crippen LogP contribution in [-0.4, -0.2) is 13.4 Å². The second kappa shape index (κ2) is 4.42. The van der Waals surface area contributed by atoms with Gasteiger partial charge in [-0.3, -0.25) is 0 Å². The van der Waals surface area contributed by atoms with Crippen LogP contribution in [0.2, 0.25) is 13.6 Å². The van der Waals surface area contributed by atoms with Crippen LogP contribution in [0.5, 0.6) is 0 Å². The van der Waals surface area contributed by atoms with Crippen molar-refractivity contribution in [2.24, 2.45) is 0 Å². The van der Waals surface area contributed by atoms with Crippen molar-refractivity contribution in [2.45, 2.75) is 54.2 Å². The van der Waals surface area contributed by atoms with Crippen molar-refractivity contribution in [3.05, 3.63) is 21.9 Å². The first kappa shape index (κ1) is 11.7. The van der Waals surface area contributed by atoms with Crippen molar-refractivity contribution in [3.63, 3.8) is 0 Å². The van der Waals surface area contributed by atoms with Crippen LogP contribution in [0.3, 0.4) is 0 Å². The highest BCUT2D eigenvalue weighted by Gasteiger charge is 2.35. The molecule has 0 nitrogen and oxygen atoms in total. The van der Waals surface area contributed by atoms with E-state index < -0.39 is 0 Å². The molecule has 0 saturated carbocycles. The van der Waals surface area contributed by atoms with Gasteiger partial charge in [0.1, 0.15) is 0 Å². The number of hydrogen-bond donors (Lipinski definition) is 0. The third kappa shape index (κ3) is 1.71. The van der Waals surface area contributed by atoms with Crippen molar-refractivity contribution in [1.82, 2.24) is 0 Å². The Bertz CT molecular complexity index is 261. The fraction of sp³-hybridized carbons (Fsp3) is 0.667. The summed E-state index contributed by atoms with van der Waals surface area (Å²) in [4.78, 5) is 0. The smallest absolute Gasteiger partial charge is 0.123 e. The first-order valence-electron chi connectivity index (χ1n) is 5.93. The van der Waals surface area contributed by atoms with Gasteiger partial charge in [0.05, 0.1) is 0 Å². The molecule has 1 heterocycles. The lowest BCUT2D eigenvalue weighted by atomic mass is 9.30. The minimum absolute atomic E-state index is 0.704. The van der Waals surface area contributed by atoms with Gasteiger partial charge in [-0.1, -0.05) is 33.1 Å². The average molecular weight is 188 g/mol. The monoisotopic (exact) mass is 188 g/mol. The van der Waals surface area contributed by atoms with E-state index in [1.807, 2.05) is 0 Å². The third-order valence-corrected chi connectivity index (χ3v) is 3.73. The van der Waals surface area contributed by atoms with Gasteiger partial charge in [-0.15, -0.1) is 16.3 Å². The van der Waals surface area contributed by atoms with E-state index >= 15 is 0 Å². The topological polar surface area (TPSA) is 0 Å². The zero-order chi connectivity index (χ0) is 10.9. The molecule has 2 heteroatoms. The number of allylic oxidation sites excluding steroid dienone is 3. The molecular formula is C12H22B2. The Balaban J connectivity index is 3.15.